The number of hydrogen-bond acceptors (Lipinski definition) is 3. The van der Waals surface area contributed by atoms with Crippen LogP contribution < -0.4 is 0 Å². The Morgan fingerprint density at radius 2 is 2.07 bits per heavy atom. The molecule has 80 valence electrons. The van der Waals surface area contributed by atoms with Gasteiger partial charge in [0, 0.05) is 31.8 Å². The van der Waals surface area contributed by atoms with E-state index >= 15 is 0 Å². The largest absolute Gasteiger partial charge is 0.349 e. The summed E-state index contributed by atoms with van der Waals surface area (Å²) in [5, 5.41) is 0. The molecule has 0 spiro atoms. The number of aldehydes is 1. The molecule has 0 saturated heterocycles. The lowest BCUT2D eigenvalue weighted by atomic mass is 10.0. The van der Waals surface area contributed by atoms with Gasteiger partial charge in [0.1, 0.15) is 6.29 Å². The highest BCUT2D eigenvalue weighted by atomic mass is 16.7. The SMILES string of the molecule is COC1(OC)CCc2cc(C=O)ccc21. The van der Waals surface area contributed by atoms with Gasteiger partial charge >= 0.3 is 0 Å². The Bertz CT molecular complexity index is 380. The van der Waals surface area contributed by atoms with E-state index in [9.17, 15) is 4.79 Å². The summed E-state index contributed by atoms with van der Waals surface area (Å²) in [5.41, 5.74) is 2.89. The number of carbonyl (C=O) groups excluding carboxylic acids is 1. The zero-order chi connectivity index (χ0) is 10.9. The van der Waals surface area contributed by atoms with Crippen LogP contribution in [0.3, 0.4) is 0 Å². The second-order valence-electron chi connectivity index (χ2n) is 3.70. The molecule has 2 rings (SSSR count). The predicted molar refractivity (Wildman–Crippen MR) is 55.8 cm³/mol. The summed E-state index contributed by atoms with van der Waals surface area (Å²) in [7, 11) is 3.29. The van der Waals surface area contributed by atoms with Crippen molar-refractivity contribution in [3.05, 3.63) is 34.9 Å². The lowest BCUT2D eigenvalue weighted by Gasteiger charge is -2.26. The van der Waals surface area contributed by atoms with Gasteiger partial charge in [-0.05, 0) is 18.1 Å². The Morgan fingerprint density at radius 3 is 2.67 bits per heavy atom. The third kappa shape index (κ3) is 1.48. The molecule has 0 radical (unpaired) electrons. The summed E-state index contributed by atoms with van der Waals surface area (Å²) in [6.07, 6.45) is 2.55. The Hall–Kier alpha value is -1.19. The minimum absolute atomic E-state index is 0.614. The minimum atomic E-state index is -0.614. The third-order valence-electron chi connectivity index (χ3n) is 3.06. The van der Waals surface area contributed by atoms with Crippen LogP contribution in [0.15, 0.2) is 18.2 Å². The smallest absolute Gasteiger partial charge is 0.194 e. The normalized spacial score (nSPS) is 17.5. The molecule has 15 heavy (non-hydrogen) atoms. The summed E-state index contributed by atoms with van der Waals surface area (Å²) in [6, 6.07) is 5.62. The molecule has 1 aliphatic rings. The van der Waals surface area contributed by atoms with Crippen molar-refractivity contribution in [1.29, 1.82) is 0 Å². The van der Waals surface area contributed by atoms with E-state index in [0.29, 0.717) is 5.56 Å². The van der Waals surface area contributed by atoms with Crippen LogP contribution in [0.1, 0.15) is 27.9 Å². The van der Waals surface area contributed by atoms with Crippen molar-refractivity contribution in [2.75, 3.05) is 14.2 Å². The van der Waals surface area contributed by atoms with Crippen LogP contribution in [0, 0.1) is 0 Å². The number of benzene rings is 1. The van der Waals surface area contributed by atoms with Gasteiger partial charge in [0.25, 0.3) is 0 Å². The van der Waals surface area contributed by atoms with Crippen molar-refractivity contribution >= 4 is 6.29 Å². The maximum atomic E-state index is 10.6. The first-order chi connectivity index (χ1) is 7.25. The maximum Gasteiger partial charge on any atom is 0.194 e. The third-order valence-corrected chi connectivity index (χ3v) is 3.06. The number of carbonyl (C=O) groups is 1. The lowest BCUT2D eigenvalue weighted by molar-refractivity contribution is -0.213. The number of rotatable bonds is 3. The fourth-order valence-electron chi connectivity index (χ4n) is 2.21. The van der Waals surface area contributed by atoms with Crippen molar-refractivity contribution in [1.82, 2.24) is 0 Å². The van der Waals surface area contributed by atoms with Crippen molar-refractivity contribution < 1.29 is 14.3 Å². The van der Waals surface area contributed by atoms with Gasteiger partial charge in [0.15, 0.2) is 5.79 Å². The van der Waals surface area contributed by atoms with Gasteiger partial charge in [-0.15, -0.1) is 0 Å². The summed E-state index contributed by atoms with van der Waals surface area (Å²) in [6.45, 7) is 0. The Labute approximate surface area is 89.0 Å². The lowest BCUT2D eigenvalue weighted by Crippen LogP contribution is -2.27. The number of methoxy groups -OCH3 is 2. The molecule has 0 saturated carbocycles. The first kappa shape index (κ1) is 10.3. The van der Waals surface area contributed by atoms with E-state index < -0.39 is 5.79 Å². The number of hydrogen-bond donors (Lipinski definition) is 0. The molecule has 0 aromatic heterocycles. The second kappa shape index (κ2) is 3.76. The number of aryl methyl sites for hydroxylation is 1. The molecule has 1 aromatic rings. The van der Waals surface area contributed by atoms with E-state index in [1.54, 1.807) is 20.3 Å². The van der Waals surface area contributed by atoms with Crippen LogP contribution >= 0.6 is 0 Å². The molecule has 0 N–H and O–H groups in total. The van der Waals surface area contributed by atoms with Gasteiger partial charge in [-0.1, -0.05) is 12.1 Å². The van der Waals surface area contributed by atoms with E-state index in [-0.39, 0.29) is 0 Å². The van der Waals surface area contributed by atoms with Crippen LogP contribution in [0.4, 0.5) is 0 Å². The summed E-state index contributed by atoms with van der Waals surface area (Å²) in [4.78, 5) is 10.6. The average Bonchev–Trinajstić information content (AvgIpc) is 2.67. The van der Waals surface area contributed by atoms with E-state index in [2.05, 4.69) is 0 Å². The van der Waals surface area contributed by atoms with E-state index in [1.807, 2.05) is 12.1 Å². The average molecular weight is 206 g/mol. The van der Waals surface area contributed by atoms with Crippen LogP contribution in [0.2, 0.25) is 0 Å². The maximum absolute atomic E-state index is 10.6. The molecular weight excluding hydrogens is 192 g/mol. The van der Waals surface area contributed by atoms with Crippen molar-refractivity contribution in [2.24, 2.45) is 0 Å². The van der Waals surface area contributed by atoms with Crippen LogP contribution in [-0.2, 0) is 21.7 Å². The standard InChI is InChI=1S/C12H14O3/c1-14-12(15-2)6-5-10-7-9(8-13)3-4-11(10)12/h3-4,7-8H,5-6H2,1-2H3. The molecule has 0 fully saturated rings. The van der Waals surface area contributed by atoms with Gasteiger partial charge in [0.05, 0.1) is 0 Å². The highest BCUT2D eigenvalue weighted by molar-refractivity contribution is 5.75. The molecule has 0 bridgehead atoms. The zero-order valence-electron chi connectivity index (χ0n) is 8.95. The summed E-state index contributed by atoms with van der Waals surface area (Å²) >= 11 is 0. The van der Waals surface area contributed by atoms with E-state index in [0.717, 1.165) is 30.3 Å². The highest BCUT2D eigenvalue weighted by Crippen LogP contribution is 2.40. The predicted octanol–water partition coefficient (Wildman–Crippen LogP) is 1.89. The van der Waals surface area contributed by atoms with Gasteiger partial charge in [-0.25, -0.2) is 0 Å². The Kier molecular flexibility index (Phi) is 2.59. The first-order valence-electron chi connectivity index (χ1n) is 4.94. The van der Waals surface area contributed by atoms with E-state index in [4.69, 9.17) is 9.47 Å². The van der Waals surface area contributed by atoms with Crippen LogP contribution in [0.25, 0.3) is 0 Å². The number of ether oxygens (including phenoxy) is 2. The summed E-state index contributed by atoms with van der Waals surface area (Å²) < 4.78 is 10.9. The molecule has 0 atom stereocenters. The molecule has 0 heterocycles. The van der Waals surface area contributed by atoms with Gasteiger partial charge in [-0.2, -0.15) is 0 Å². The first-order valence-corrected chi connectivity index (χ1v) is 4.94. The van der Waals surface area contributed by atoms with E-state index in [1.165, 1.54) is 0 Å². The molecule has 3 nitrogen and oxygen atoms in total. The molecule has 0 amide bonds. The van der Waals surface area contributed by atoms with Crippen molar-refractivity contribution in [3.63, 3.8) is 0 Å². The van der Waals surface area contributed by atoms with Crippen LogP contribution in [-0.4, -0.2) is 20.5 Å². The second-order valence-corrected chi connectivity index (χ2v) is 3.70. The molecule has 0 aliphatic heterocycles. The topological polar surface area (TPSA) is 35.5 Å². The molecular formula is C12H14O3. The minimum Gasteiger partial charge on any atom is -0.349 e. The number of fused-ring (bicyclic) bond motifs is 1. The van der Waals surface area contributed by atoms with Gasteiger partial charge in [0.2, 0.25) is 0 Å². The van der Waals surface area contributed by atoms with Crippen molar-refractivity contribution in [3.8, 4) is 0 Å². The van der Waals surface area contributed by atoms with Crippen LogP contribution in [0.5, 0.6) is 0 Å². The highest BCUT2D eigenvalue weighted by Gasteiger charge is 2.39. The van der Waals surface area contributed by atoms with Gasteiger partial charge < -0.3 is 9.47 Å². The Morgan fingerprint density at radius 1 is 1.33 bits per heavy atom. The monoisotopic (exact) mass is 206 g/mol. The fourth-order valence-corrected chi connectivity index (χ4v) is 2.21. The summed E-state index contributed by atoms with van der Waals surface area (Å²) in [5.74, 6) is -0.614. The molecule has 1 aromatic carbocycles. The fraction of sp³-hybridized carbons (Fsp3) is 0.417. The molecule has 3 heteroatoms. The quantitative estimate of drug-likeness (QED) is 0.559. The molecule has 1 aliphatic carbocycles. The molecule has 0 unspecified atom stereocenters. The Balaban J connectivity index is 2.47. The zero-order valence-corrected chi connectivity index (χ0v) is 8.95. The van der Waals surface area contributed by atoms with Crippen molar-refractivity contribution in [2.45, 2.75) is 18.6 Å². The van der Waals surface area contributed by atoms with Gasteiger partial charge in [-0.3, -0.25) is 4.79 Å².